The second-order valence-electron chi connectivity index (χ2n) is 6.85. The summed E-state index contributed by atoms with van der Waals surface area (Å²) in [5, 5.41) is 4.72. The molecule has 152 valence electrons. The van der Waals surface area contributed by atoms with E-state index in [-0.39, 0.29) is 0 Å². The highest BCUT2D eigenvalue weighted by molar-refractivity contribution is 6.18. The van der Waals surface area contributed by atoms with Crippen LogP contribution in [-0.2, 0) is 0 Å². The molecule has 4 rings (SSSR count). The van der Waals surface area contributed by atoms with E-state index in [1.54, 1.807) is 21.3 Å². The van der Waals surface area contributed by atoms with Crippen molar-refractivity contribution in [2.75, 3.05) is 21.3 Å². The summed E-state index contributed by atoms with van der Waals surface area (Å²) in [6.45, 7) is 2.05. The van der Waals surface area contributed by atoms with Crippen LogP contribution in [0.5, 0.6) is 17.2 Å². The van der Waals surface area contributed by atoms with Gasteiger partial charge in [-0.2, -0.15) is 5.10 Å². The molecule has 0 unspecified atom stereocenters. The maximum absolute atomic E-state index is 5.48. The number of hydrogen-bond acceptors (Lipinski definition) is 6. The van der Waals surface area contributed by atoms with E-state index in [1.165, 1.54) is 0 Å². The predicted molar refractivity (Wildman–Crippen MR) is 119 cm³/mol. The van der Waals surface area contributed by atoms with E-state index in [4.69, 9.17) is 24.3 Å². The average Bonchev–Trinajstić information content (AvgIpc) is 2.98. The van der Waals surface area contributed by atoms with Crippen molar-refractivity contribution in [3.05, 3.63) is 82.9 Å². The first-order valence-corrected chi connectivity index (χ1v) is 9.53. The molecule has 0 atom stereocenters. The number of aliphatic imine (C=N–C) groups is 1. The Labute approximate surface area is 175 Å². The SMILES string of the molecule is COc1ccc(C2=Nc3ccc(C)cc3C(c3ccc(OC)c(OC)c3)=NN2)cc1. The van der Waals surface area contributed by atoms with Crippen LogP contribution >= 0.6 is 0 Å². The molecule has 1 N–H and O–H groups in total. The molecule has 0 bridgehead atoms. The van der Waals surface area contributed by atoms with Gasteiger partial charge in [-0.25, -0.2) is 4.99 Å². The lowest BCUT2D eigenvalue weighted by atomic mass is 9.98. The Kier molecular flexibility index (Phi) is 5.39. The first-order chi connectivity index (χ1) is 14.6. The van der Waals surface area contributed by atoms with Crippen molar-refractivity contribution in [3.63, 3.8) is 0 Å². The fourth-order valence-corrected chi connectivity index (χ4v) is 3.33. The van der Waals surface area contributed by atoms with Crippen molar-refractivity contribution in [1.29, 1.82) is 0 Å². The third-order valence-corrected chi connectivity index (χ3v) is 4.93. The van der Waals surface area contributed by atoms with E-state index < -0.39 is 0 Å². The first-order valence-electron chi connectivity index (χ1n) is 9.53. The van der Waals surface area contributed by atoms with Crippen LogP contribution < -0.4 is 19.6 Å². The lowest BCUT2D eigenvalue weighted by Gasteiger charge is -2.12. The number of nitrogens with zero attached hydrogens (tertiary/aromatic N) is 2. The normalized spacial score (nSPS) is 12.7. The standard InChI is InChI=1S/C24H23N3O3/c1-15-5-11-20-19(13-15)23(17-8-12-21(29-3)22(14-17)30-4)26-27-24(25-20)16-6-9-18(28-2)10-7-16/h5-14H,1-4H3,(H,25,27). The first kappa shape index (κ1) is 19.5. The van der Waals surface area contributed by atoms with Crippen molar-refractivity contribution in [2.24, 2.45) is 10.1 Å². The molecule has 0 saturated heterocycles. The number of benzene rings is 3. The van der Waals surface area contributed by atoms with E-state index in [1.807, 2.05) is 54.6 Å². The fraction of sp³-hybridized carbons (Fsp3) is 0.167. The Bertz CT molecular complexity index is 1130. The number of nitrogens with one attached hydrogen (secondary N) is 1. The van der Waals surface area contributed by atoms with Gasteiger partial charge in [-0.3, -0.25) is 5.43 Å². The van der Waals surface area contributed by atoms with Crippen molar-refractivity contribution < 1.29 is 14.2 Å². The van der Waals surface area contributed by atoms with Crippen LogP contribution in [0.15, 0.2) is 70.8 Å². The molecule has 0 radical (unpaired) electrons. The fourth-order valence-electron chi connectivity index (χ4n) is 3.33. The Morgan fingerprint density at radius 2 is 1.47 bits per heavy atom. The lowest BCUT2D eigenvalue weighted by Crippen LogP contribution is -2.19. The summed E-state index contributed by atoms with van der Waals surface area (Å²) in [6.07, 6.45) is 0. The maximum atomic E-state index is 5.48. The van der Waals surface area contributed by atoms with Crippen molar-refractivity contribution in [3.8, 4) is 17.2 Å². The van der Waals surface area contributed by atoms with Gasteiger partial charge in [-0.05, 0) is 61.5 Å². The number of fused-ring (bicyclic) bond motifs is 1. The topological polar surface area (TPSA) is 64.4 Å². The molecular weight excluding hydrogens is 378 g/mol. The Hall–Kier alpha value is -3.80. The molecular formula is C24H23N3O3. The van der Waals surface area contributed by atoms with Crippen LogP contribution in [0.3, 0.4) is 0 Å². The molecule has 0 spiro atoms. The second kappa shape index (κ2) is 8.29. The van der Waals surface area contributed by atoms with Crippen molar-refractivity contribution >= 4 is 17.2 Å². The molecule has 1 heterocycles. The van der Waals surface area contributed by atoms with Gasteiger partial charge < -0.3 is 14.2 Å². The molecule has 6 nitrogen and oxygen atoms in total. The average molecular weight is 401 g/mol. The van der Waals surface area contributed by atoms with E-state index >= 15 is 0 Å². The van der Waals surface area contributed by atoms with Crippen molar-refractivity contribution in [1.82, 2.24) is 5.43 Å². The molecule has 0 aromatic heterocycles. The van der Waals surface area contributed by atoms with Gasteiger partial charge in [0.15, 0.2) is 17.3 Å². The van der Waals surface area contributed by atoms with Crippen LogP contribution in [0.25, 0.3) is 0 Å². The molecule has 30 heavy (non-hydrogen) atoms. The minimum Gasteiger partial charge on any atom is -0.497 e. The van der Waals surface area contributed by atoms with Gasteiger partial charge in [0.25, 0.3) is 0 Å². The zero-order valence-electron chi connectivity index (χ0n) is 17.4. The summed E-state index contributed by atoms with van der Waals surface area (Å²) in [7, 11) is 4.89. The van der Waals surface area contributed by atoms with Gasteiger partial charge in [0.2, 0.25) is 0 Å². The number of hydrogen-bond donors (Lipinski definition) is 1. The molecule has 0 aliphatic carbocycles. The predicted octanol–water partition coefficient (Wildman–Crippen LogP) is 4.45. The molecule has 0 fully saturated rings. The molecule has 0 amide bonds. The smallest absolute Gasteiger partial charge is 0.161 e. The van der Waals surface area contributed by atoms with Gasteiger partial charge in [0, 0.05) is 16.7 Å². The summed E-state index contributed by atoms with van der Waals surface area (Å²) >= 11 is 0. The number of methoxy groups -OCH3 is 3. The monoisotopic (exact) mass is 401 g/mol. The van der Waals surface area contributed by atoms with Crippen LogP contribution in [0, 0.1) is 6.92 Å². The second-order valence-corrected chi connectivity index (χ2v) is 6.85. The highest BCUT2D eigenvalue weighted by Crippen LogP contribution is 2.32. The Morgan fingerprint density at radius 3 is 2.17 bits per heavy atom. The Balaban J connectivity index is 1.82. The quantitative estimate of drug-likeness (QED) is 0.686. The van der Waals surface area contributed by atoms with Crippen LogP contribution in [0.2, 0.25) is 0 Å². The Morgan fingerprint density at radius 1 is 0.733 bits per heavy atom. The van der Waals surface area contributed by atoms with E-state index in [0.29, 0.717) is 17.3 Å². The molecule has 1 aliphatic rings. The summed E-state index contributed by atoms with van der Waals surface area (Å²) < 4.78 is 16.1. The van der Waals surface area contributed by atoms with Crippen LogP contribution in [0.1, 0.15) is 22.3 Å². The van der Waals surface area contributed by atoms with Gasteiger partial charge in [0.05, 0.1) is 27.0 Å². The zero-order valence-corrected chi connectivity index (χ0v) is 17.4. The third kappa shape index (κ3) is 3.72. The summed E-state index contributed by atoms with van der Waals surface area (Å²) in [6, 6.07) is 19.6. The van der Waals surface area contributed by atoms with Gasteiger partial charge in [0.1, 0.15) is 11.5 Å². The van der Waals surface area contributed by atoms with Crippen molar-refractivity contribution in [2.45, 2.75) is 6.92 Å². The molecule has 3 aromatic carbocycles. The van der Waals surface area contributed by atoms with Gasteiger partial charge in [-0.1, -0.05) is 11.6 Å². The molecule has 1 aliphatic heterocycles. The van der Waals surface area contributed by atoms with E-state index in [2.05, 4.69) is 18.4 Å². The summed E-state index contributed by atoms with van der Waals surface area (Å²) in [4.78, 5) is 4.85. The zero-order chi connectivity index (χ0) is 21.1. The lowest BCUT2D eigenvalue weighted by molar-refractivity contribution is 0.355. The van der Waals surface area contributed by atoms with Gasteiger partial charge in [-0.15, -0.1) is 0 Å². The number of ether oxygens (including phenoxy) is 3. The molecule has 0 saturated carbocycles. The molecule has 3 aromatic rings. The minimum atomic E-state index is 0.646. The van der Waals surface area contributed by atoms with Crippen LogP contribution in [-0.4, -0.2) is 32.9 Å². The summed E-state index contributed by atoms with van der Waals surface area (Å²) in [5.74, 6) is 2.77. The number of aryl methyl sites for hydroxylation is 1. The van der Waals surface area contributed by atoms with E-state index in [0.717, 1.165) is 39.4 Å². The number of hydrazone groups is 1. The molecule has 6 heteroatoms. The minimum absolute atomic E-state index is 0.646. The highest BCUT2D eigenvalue weighted by Gasteiger charge is 2.19. The number of rotatable bonds is 5. The largest absolute Gasteiger partial charge is 0.497 e. The third-order valence-electron chi connectivity index (χ3n) is 4.93. The number of amidine groups is 1. The maximum Gasteiger partial charge on any atom is 0.161 e. The highest BCUT2D eigenvalue weighted by atomic mass is 16.5. The van der Waals surface area contributed by atoms with E-state index in [9.17, 15) is 0 Å². The summed E-state index contributed by atoms with van der Waals surface area (Å²) in [5.41, 5.74) is 8.65. The van der Waals surface area contributed by atoms with Gasteiger partial charge >= 0.3 is 0 Å². The van der Waals surface area contributed by atoms with Crippen LogP contribution in [0.4, 0.5) is 5.69 Å².